The molecule has 0 saturated carbocycles. The van der Waals surface area contributed by atoms with Gasteiger partial charge < -0.3 is 0 Å². The van der Waals surface area contributed by atoms with E-state index in [0.717, 1.165) is 34.1 Å². The molecule has 25 heavy (non-hydrogen) atoms. The van der Waals surface area contributed by atoms with Gasteiger partial charge in [-0.25, -0.2) is 4.39 Å². The molecule has 1 atom stereocenters. The van der Waals surface area contributed by atoms with Gasteiger partial charge in [0.25, 0.3) is 0 Å². The molecule has 1 aromatic heterocycles. The van der Waals surface area contributed by atoms with Gasteiger partial charge in [0.05, 0.1) is 5.69 Å². The van der Waals surface area contributed by atoms with Gasteiger partial charge >= 0.3 is 0 Å². The molecular weight excluding hydrogens is 377 g/mol. The number of aromatic nitrogens is 1. The maximum absolute atomic E-state index is 14.6. The van der Waals surface area contributed by atoms with Gasteiger partial charge in [-0.05, 0) is 76.5 Å². The molecule has 0 saturated heterocycles. The number of unbranched alkanes of at least 4 members (excludes halogenated alkanes) is 5. The van der Waals surface area contributed by atoms with Crippen molar-refractivity contribution in [3.8, 4) is 11.3 Å². The minimum absolute atomic E-state index is 0.0531. The van der Waals surface area contributed by atoms with E-state index in [0.29, 0.717) is 5.92 Å². The Morgan fingerprint density at radius 1 is 1.08 bits per heavy atom. The molecule has 0 radical (unpaired) electrons. The number of halogens is 2. The van der Waals surface area contributed by atoms with Gasteiger partial charge in [0.1, 0.15) is 5.82 Å². The van der Waals surface area contributed by atoms with Gasteiger partial charge in [-0.1, -0.05) is 45.4 Å². The van der Waals surface area contributed by atoms with Crippen LogP contribution in [0.3, 0.4) is 0 Å². The highest BCUT2D eigenvalue weighted by Gasteiger charge is 2.25. The van der Waals surface area contributed by atoms with Crippen LogP contribution in [-0.2, 0) is 12.8 Å². The number of nitrogens with zero attached hydrogens (tertiary/aromatic N) is 1. The van der Waals surface area contributed by atoms with E-state index >= 15 is 0 Å². The van der Waals surface area contributed by atoms with E-state index in [-0.39, 0.29) is 5.82 Å². The Balaban J connectivity index is 1.59. The van der Waals surface area contributed by atoms with Crippen molar-refractivity contribution in [1.82, 2.24) is 4.98 Å². The molecule has 2 aromatic rings. The Labute approximate surface area is 159 Å². The van der Waals surface area contributed by atoms with E-state index in [2.05, 4.69) is 33.9 Å². The summed E-state index contributed by atoms with van der Waals surface area (Å²) in [5.41, 5.74) is 3.86. The lowest BCUT2D eigenvalue weighted by atomic mass is 9.97. The molecule has 3 heteroatoms. The maximum Gasteiger partial charge on any atom is 0.127 e. The first-order chi connectivity index (χ1) is 12.2. The molecule has 0 N–H and O–H groups in total. The first-order valence-corrected chi connectivity index (χ1v) is 10.4. The highest BCUT2D eigenvalue weighted by molar-refractivity contribution is 9.10. The Morgan fingerprint density at radius 3 is 2.64 bits per heavy atom. The van der Waals surface area contributed by atoms with Crippen LogP contribution in [0, 0.1) is 11.7 Å². The smallest absolute Gasteiger partial charge is 0.127 e. The van der Waals surface area contributed by atoms with Crippen LogP contribution < -0.4 is 0 Å². The number of fused-ring (bicyclic) bond motifs is 1. The zero-order valence-electron chi connectivity index (χ0n) is 15.0. The molecule has 1 aliphatic rings. The summed E-state index contributed by atoms with van der Waals surface area (Å²) < 4.78 is 15.5. The monoisotopic (exact) mass is 403 g/mol. The first kappa shape index (κ1) is 18.6. The normalized spacial score (nSPS) is 16.2. The summed E-state index contributed by atoms with van der Waals surface area (Å²) in [7, 11) is 0. The standard InChI is InChI=1S/C22H27BrFN/c1-2-3-4-5-6-7-8-16-11-17-13-18(14-21(24)20(17)12-16)22-10-9-19(23)15-25-22/h9-10,13-16H,2-8,11-12H2,1H3. The topological polar surface area (TPSA) is 12.9 Å². The zero-order valence-corrected chi connectivity index (χ0v) is 16.6. The third-order valence-electron chi connectivity index (χ3n) is 5.28. The minimum atomic E-state index is -0.0531. The number of benzene rings is 1. The summed E-state index contributed by atoms with van der Waals surface area (Å²) in [6.07, 6.45) is 12.9. The van der Waals surface area contributed by atoms with Gasteiger partial charge in [0.15, 0.2) is 0 Å². The van der Waals surface area contributed by atoms with Gasteiger partial charge in [0.2, 0.25) is 0 Å². The second-order valence-electron chi connectivity index (χ2n) is 7.29. The average Bonchev–Trinajstić information content (AvgIpc) is 3.02. The van der Waals surface area contributed by atoms with Crippen molar-refractivity contribution in [3.63, 3.8) is 0 Å². The van der Waals surface area contributed by atoms with Crippen molar-refractivity contribution in [3.05, 3.63) is 51.9 Å². The fourth-order valence-electron chi connectivity index (χ4n) is 3.89. The highest BCUT2D eigenvalue weighted by atomic mass is 79.9. The van der Waals surface area contributed by atoms with Crippen molar-refractivity contribution < 1.29 is 4.39 Å². The number of hydrogen-bond donors (Lipinski definition) is 0. The van der Waals surface area contributed by atoms with E-state index in [1.807, 2.05) is 12.1 Å². The lowest BCUT2D eigenvalue weighted by Crippen LogP contribution is -1.99. The second-order valence-corrected chi connectivity index (χ2v) is 8.20. The fourth-order valence-corrected chi connectivity index (χ4v) is 4.12. The summed E-state index contributed by atoms with van der Waals surface area (Å²) >= 11 is 3.40. The van der Waals surface area contributed by atoms with Crippen LogP contribution >= 0.6 is 15.9 Å². The third-order valence-corrected chi connectivity index (χ3v) is 5.75. The molecule has 3 rings (SSSR count). The quantitative estimate of drug-likeness (QED) is 0.427. The van der Waals surface area contributed by atoms with Crippen molar-refractivity contribution in [2.24, 2.45) is 5.92 Å². The molecule has 1 unspecified atom stereocenters. The van der Waals surface area contributed by atoms with Crippen molar-refractivity contribution in [1.29, 1.82) is 0 Å². The maximum atomic E-state index is 14.6. The van der Waals surface area contributed by atoms with Crippen molar-refractivity contribution >= 4 is 15.9 Å². The molecule has 0 amide bonds. The molecule has 0 bridgehead atoms. The van der Waals surface area contributed by atoms with E-state index < -0.39 is 0 Å². The predicted octanol–water partition coefficient (Wildman–Crippen LogP) is 7.12. The lowest BCUT2D eigenvalue weighted by Gasteiger charge is -2.08. The third kappa shape index (κ3) is 4.91. The Morgan fingerprint density at radius 2 is 1.88 bits per heavy atom. The van der Waals surface area contributed by atoms with E-state index in [4.69, 9.17) is 0 Å². The summed E-state index contributed by atoms with van der Waals surface area (Å²) in [5.74, 6) is 0.562. The van der Waals surface area contributed by atoms with E-state index in [9.17, 15) is 4.39 Å². The fraction of sp³-hybridized carbons (Fsp3) is 0.500. The summed E-state index contributed by atoms with van der Waals surface area (Å²) in [4.78, 5) is 4.41. The molecule has 0 fully saturated rings. The molecular formula is C22H27BrFN. The van der Waals surface area contributed by atoms with Crippen molar-refractivity contribution in [2.45, 2.75) is 64.7 Å². The first-order valence-electron chi connectivity index (χ1n) is 9.60. The molecule has 134 valence electrons. The van der Waals surface area contributed by atoms with Crippen LogP contribution in [0.25, 0.3) is 11.3 Å². The Kier molecular flexibility index (Phi) is 6.63. The summed E-state index contributed by atoms with van der Waals surface area (Å²) in [5, 5.41) is 0. The Bertz CT molecular complexity index is 696. The van der Waals surface area contributed by atoms with Gasteiger partial charge in [-0.2, -0.15) is 0 Å². The zero-order chi connectivity index (χ0) is 17.6. The van der Waals surface area contributed by atoms with E-state index in [1.165, 1.54) is 50.5 Å². The molecule has 1 aliphatic carbocycles. The van der Waals surface area contributed by atoms with Crippen LogP contribution in [0.5, 0.6) is 0 Å². The Hall–Kier alpha value is -1.22. The minimum Gasteiger partial charge on any atom is -0.255 e. The molecule has 1 heterocycles. The summed E-state index contributed by atoms with van der Waals surface area (Å²) in [6, 6.07) is 7.70. The van der Waals surface area contributed by atoms with Gasteiger partial charge in [-0.3, -0.25) is 4.98 Å². The SMILES string of the molecule is CCCCCCCCC1Cc2cc(-c3ccc(Br)cn3)cc(F)c2C1. The van der Waals surface area contributed by atoms with Crippen LogP contribution in [0.2, 0.25) is 0 Å². The second kappa shape index (κ2) is 8.93. The van der Waals surface area contributed by atoms with Gasteiger partial charge in [-0.15, -0.1) is 0 Å². The molecule has 1 aromatic carbocycles. The number of rotatable bonds is 8. The predicted molar refractivity (Wildman–Crippen MR) is 106 cm³/mol. The highest BCUT2D eigenvalue weighted by Crippen LogP contribution is 2.35. The molecule has 0 aliphatic heterocycles. The lowest BCUT2D eigenvalue weighted by molar-refractivity contribution is 0.466. The van der Waals surface area contributed by atoms with Crippen LogP contribution in [-0.4, -0.2) is 4.98 Å². The van der Waals surface area contributed by atoms with E-state index in [1.54, 1.807) is 12.3 Å². The van der Waals surface area contributed by atoms with Crippen LogP contribution in [0.4, 0.5) is 4.39 Å². The molecule has 0 spiro atoms. The number of hydrogen-bond acceptors (Lipinski definition) is 1. The largest absolute Gasteiger partial charge is 0.255 e. The van der Waals surface area contributed by atoms with Crippen molar-refractivity contribution in [2.75, 3.05) is 0 Å². The summed E-state index contributed by atoms with van der Waals surface area (Å²) in [6.45, 7) is 2.25. The molecule has 1 nitrogen and oxygen atoms in total. The average molecular weight is 404 g/mol. The number of pyridine rings is 1. The van der Waals surface area contributed by atoms with Crippen LogP contribution in [0.1, 0.15) is 63.0 Å². The van der Waals surface area contributed by atoms with Crippen LogP contribution in [0.15, 0.2) is 34.9 Å². The van der Waals surface area contributed by atoms with Gasteiger partial charge in [0, 0.05) is 16.2 Å².